The number of likely N-dealkylation sites (tertiary alicyclic amines) is 1. The van der Waals surface area contributed by atoms with E-state index in [1.54, 1.807) is 25.3 Å². The van der Waals surface area contributed by atoms with Crippen LogP contribution in [-0.2, 0) is 4.79 Å². The molecule has 2 heterocycles. The highest BCUT2D eigenvalue weighted by Crippen LogP contribution is 2.41. The topological polar surface area (TPSA) is 82.9 Å². The van der Waals surface area contributed by atoms with E-state index >= 15 is 0 Å². The predicted octanol–water partition coefficient (Wildman–Crippen LogP) is 5.95. The zero-order valence-electron chi connectivity index (χ0n) is 20.4. The summed E-state index contributed by atoms with van der Waals surface area (Å²) in [6, 6.07) is 9.14. The minimum absolute atomic E-state index is 0.00768. The van der Waals surface area contributed by atoms with E-state index in [2.05, 4.69) is 9.88 Å². The van der Waals surface area contributed by atoms with Gasteiger partial charge in [-0.3, -0.25) is 9.78 Å². The van der Waals surface area contributed by atoms with Gasteiger partial charge in [-0.05, 0) is 69.1 Å². The lowest BCUT2D eigenvalue weighted by Crippen LogP contribution is -2.45. The Balaban J connectivity index is 1.38. The molecule has 0 unspecified atom stereocenters. The quantitative estimate of drug-likeness (QED) is 0.302. The lowest BCUT2D eigenvalue weighted by Gasteiger charge is -2.39. The molecular formula is C27H29ClF2N2O4S. The molecule has 3 aromatic rings. The number of thioether (sulfide) groups is 1. The van der Waals surface area contributed by atoms with Gasteiger partial charge in [-0.2, -0.15) is 0 Å². The summed E-state index contributed by atoms with van der Waals surface area (Å²) in [5.41, 5.74) is 0.213. The first-order chi connectivity index (χ1) is 17.7. The highest BCUT2D eigenvalue weighted by molar-refractivity contribution is 7.99. The summed E-state index contributed by atoms with van der Waals surface area (Å²) in [6.45, 7) is 1.70. The molecule has 0 aliphatic carbocycles. The Morgan fingerprint density at radius 2 is 1.95 bits per heavy atom. The first-order valence-electron chi connectivity index (χ1n) is 12.1. The fraction of sp³-hybridized carbons (Fsp3) is 0.407. The first-order valence-corrected chi connectivity index (χ1v) is 13.4. The van der Waals surface area contributed by atoms with Crippen LogP contribution in [-0.4, -0.2) is 58.6 Å². The van der Waals surface area contributed by atoms with Gasteiger partial charge in [0.05, 0.1) is 34.1 Å². The number of aromatic nitrogens is 1. The third-order valence-corrected chi connectivity index (χ3v) is 8.50. The van der Waals surface area contributed by atoms with Crippen molar-refractivity contribution >= 4 is 40.2 Å². The molecule has 1 saturated heterocycles. The van der Waals surface area contributed by atoms with Crippen molar-refractivity contribution in [3.05, 3.63) is 64.8 Å². The highest BCUT2D eigenvalue weighted by atomic mass is 35.5. The smallest absolute Gasteiger partial charge is 0.309 e. The van der Waals surface area contributed by atoms with Crippen molar-refractivity contribution in [3.8, 4) is 5.75 Å². The van der Waals surface area contributed by atoms with Gasteiger partial charge < -0.3 is 19.8 Å². The number of benzene rings is 2. The number of pyridine rings is 1. The second-order valence-corrected chi connectivity index (χ2v) is 10.8. The van der Waals surface area contributed by atoms with Crippen LogP contribution in [0.1, 0.15) is 37.4 Å². The van der Waals surface area contributed by atoms with E-state index in [4.69, 9.17) is 16.3 Å². The number of carbonyl (C=O) groups is 1. The number of hydrogen-bond donors (Lipinski definition) is 2. The fourth-order valence-electron chi connectivity index (χ4n) is 4.86. The summed E-state index contributed by atoms with van der Waals surface area (Å²) in [5, 5.41) is 22.2. The zero-order chi connectivity index (χ0) is 26.6. The van der Waals surface area contributed by atoms with Gasteiger partial charge in [0, 0.05) is 29.4 Å². The molecule has 1 aliphatic heterocycles. The number of hydrogen-bond acceptors (Lipinski definition) is 6. The monoisotopic (exact) mass is 550 g/mol. The van der Waals surface area contributed by atoms with Crippen molar-refractivity contribution in [1.82, 2.24) is 9.88 Å². The number of rotatable bonds is 10. The lowest BCUT2D eigenvalue weighted by atomic mass is 9.74. The molecule has 0 bridgehead atoms. The Morgan fingerprint density at radius 1 is 1.24 bits per heavy atom. The number of nitrogens with zero attached hydrogens (tertiary/aromatic N) is 2. The predicted molar refractivity (Wildman–Crippen MR) is 140 cm³/mol. The van der Waals surface area contributed by atoms with E-state index in [1.165, 1.54) is 24.4 Å². The summed E-state index contributed by atoms with van der Waals surface area (Å²) in [7, 11) is 1.55. The average molecular weight is 551 g/mol. The van der Waals surface area contributed by atoms with Crippen LogP contribution in [0.15, 0.2) is 47.5 Å². The Hall–Kier alpha value is -2.46. The number of methoxy groups -OCH3 is 1. The number of carboxylic acid groups (broad SMARTS) is 1. The second kappa shape index (κ2) is 11.9. The van der Waals surface area contributed by atoms with Gasteiger partial charge in [0.15, 0.2) is 0 Å². The third-order valence-electron chi connectivity index (χ3n) is 7.14. The van der Waals surface area contributed by atoms with E-state index < -0.39 is 29.1 Å². The summed E-state index contributed by atoms with van der Waals surface area (Å²) in [4.78, 5) is 18.8. The summed E-state index contributed by atoms with van der Waals surface area (Å²) < 4.78 is 33.0. The number of aliphatic hydroxyl groups excluding tert-OH is 1. The molecule has 2 N–H and O–H groups in total. The molecule has 0 spiro atoms. The fourth-order valence-corrected chi connectivity index (χ4v) is 6.11. The molecule has 4 rings (SSSR count). The van der Waals surface area contributed by atoms with Crippen LogP contribution in [0, 0.1) is 17.0 Å². The normalized spacial score (nSPS) is 16.6. The number of piperidine rings is 1. The zero-order valence-corrected chi connectivity index (χ0v) is 22.0. The molecular weight excluding hydrogens is 522 g/mol. The molecule has 1 fully saturated rings. The first kappa shape index (κ1) is 27.6. The number of halogens is 3. The van der Waals surface area contributed by atoms with E-state index in [0.29, 0.717) is 65.5 Å². The molecule has 10 heteroatoms. The van der Waals surface area contributed by atoms with E-state index in [-0.39, 0.29) is 17.7 Å². The molecule has 2 aromatic carbocycles. The van der Waals surface area contributed by atoms with Gasteiger partial charge >= 0.3 is 5.97 Å². The lowest BCUT2D eigenvalue weighted by molar-refractivity contribution is -0.153. The standard InChI is InChI=1S/C27H29ClF2N2O4S/c1-36-17-5-6-22-18(15-17)24(19(28)16-31-22)23(33)7-8-27(26(34)35)9-11-32(12-10-27)13-14-37-25-20(29)3-2-4-21(25)30/h2-6,15-16,23,33H,7-14H2,1H3,(H,34,35)/t23-/m0/s1. The molecule has 198 valence electrons. The van der Waals surface area contributed by atoms with Crippen LogP contribution in [0.25, 0.3) is 10.9 Å². The van der Waals surface area contributed by atoms with Crippen LogP contribution in [0.4, 0.5) is 8.78 Å². The van der Waals surface area contributed by atoms with Crippen molar-refractivity contribution in [3.63, 3.8) is 0 Å². The summed E-state index contributed by atoms with van der Waals surface area (Å²) >= 11 is 7.53. The molecule has 0 amide bonds. The van der Waals surface area contributed by atoms with Crippen molar-refractivity contribution in [1.29, 1.82) is 0 Å². The van der Waals surface area contributed by atoms with Crippen molar-refractivity contribution < 1.29 is 28.5 Å². The Bertz CT molecular complexity index is 1250. The molecule has 0 saturated carbocycles. The highest BCUT2D eigenvalue weighted by Gasteiger charge is 2.41. The number of aliphatic carboxylic acids is 1. The van der Waals surface area contributed by atoms with E-state index in [1.807, 2.05) is 0 Å². The van der Waals surface area contributed by atoms with Gasteiger partial charge in [0.1, 0.15) is 17.4 Å². The molecule has 1 atom stereocenters. The van der Waals surface area contributed by atoms with Crippen molar-refractivity contribution in [2.24, 2.45) is 5.41 Å². The molecule has 0 radical (unpaired) electrons. The maximum absolute atomic E-state index is 13.9. The van der Waals surface area contributed by atoms with Crippen LogP contribution in [0.5, 0.6) is 5.75 Å². The van der Waals surface area contributed by atoms with Gasteiger partial charge in [0.25, 0.3) is 0 Å². The van der Waals surface area contributed by atoms with Gasteiger partial charge in [-0.15, -0.1) is 11.8 Å². The SMILES string of the molecule is COc1ccc2ncc(Cl)c([C@@H](O)CCC3(C(=O)O)CCN(CCSc4c(F)cccc4F)CC3)c2c1. The Kier molecular flexibility index (Phi) is 8.90. The van der Waals surface area contributed by atoms with Crippen molar-refractivity contribution in [2.75, 3.05) is 32.5 Å². The van der Waals surface area contributed by atoms with Gasteiger partial charge in [0.2, 0.25) is 0 Å². The molecule has 37 heavy (non-hydrogen) atoms. The number of fused-ring (bicyclic) bond motifs is 1. The van der Waals surface area contributed by atoms with E-state index in [9.17, 15) is 23.8 Å². The molecule has 1 aromatic heterocycles. The van der Waals surface area contributed by atoms with Gasteiger partial charge in [-0.1, -0.05) is 17.7 Å². The maximum atomic E-state index is 13.9. The second-order valence-electron chi connectivity index (χ2n) is 9.28. The maximum Gasteiger partial charge on any atom is 0.309 e. The number of aliphatic hydroxyl groups is 1. The van der Waals surface area contributed by atoms with Crippen LogP contribution in [0.2, 0.25) is 5.02 Å². The van der Waals surface area contributed by atoms with Crippen LogP contribution >= 0.6 is 23.4 Å². The summed E-state index contributed by atoms with van der Waals surface area (Å²) in [5.74, 6) is -0.932. The van der Waals surface area contributed by atoms with E-state index in [0.717, 1.165) is 11.8 Å². The van der Waals surface area contributed by atoms with Crippen LogP contribution < -0.4 is 4.74 Å². The van der Waals surface area contributed by atoms with Crippen molar-refractivity contribution in [2.45, 2.75) is 36.7 Å². The third kappa shape index (κ3) is 6.17. The average Bonchev–Trinajstić information content (AvgIpc) is 2.89. The minimum Gasteiger partial charge on any atom is -0.497 e. The number of ether oxygens (including phenoxy) is 1. The minimum atomic E-state index is -0.966. The number of carboxylic acids is 1. The Morgan fingerprint density at radius 3 is 2.59 bits per heavy atom. The van der Waals surface area contributed by atoms with Gasteiger partial charge in [-0.25, -0.2) is 8.78 Å². The summed E-state index contributed by atoms with van der Waals surface area (Å²) in [6.07, 6.45) is 1.89. The molecule has 1 aliphatic rings. The van der Waals surface area contributed by atoms with Crippen LogP contribution in [0.3, 0.4) is 0 Å². The molecule has 6 nitrogen and oxygen atoms in total. The Labute approximate surface area is 223 Å². The largest absolute Gasteiger partial charge is 0.497 e.